The maximum absolute atomic E-state index is 10.4. The fourth-order valence-corrected chi connectivity index (χ4v) is 0.963. The largest absolute Gasteiger partial charge is 0.303 e. The number of carbonyl (C=O) groups is 1. The van der Waals surface area contributed by atoms with Gasteiger partial charge in [-0.15, -0.1) is 0 Å². The number of rotatable bonds is 6. The molecule has 0 radical (unpaired) electrons. The Labute approximate surface area is 69.5 Å². The summed E-state index contributed by atoms with van der Waals surface area (Å²) in [5, 5.41) is 0. The summed E-state index contributed by atoms with van der Waals surface area (Å²) in [6, 6.07) is 0. The molecule has 0 aliphatic carbocycles. The van der Waals surface area contributed by atoms with Crippen molar-refractivity contribution in [2.75, 3.05) is 0 Å². The smallest absolute Gasteiger partial charge is 0.123 e. The minimum atomic E-state index is 0.275. The number of aldehydes is 1. The molecule has 1 atom stereocenters. The SMILES string of the molecule is CC/C=C/CCC(C=O)CC. The fourth-order valence-electron chi connectivity index (χ4n) is 0.963. The Bertz CT molecular complexity index is 116. The summed E-state index contributed by atoms with van der Waals surface area (Å²) in [4.78, 5) is 10.4. The minimum Gasteiger partial charge on any atom is -0.303 e. The normalized spacial score (nSPS) is 13.6. The average molecular weight is 154 g/mol. The minimum absolute atomic E-state index is 0.275. The van der Waals surface area contributed by atoms with E-state index in [-0.39, 0.29) is 5.92 Å². The number of carbonyl (C=O) groups excluding carboxylic acids is 1. The molecule has 0 fully saturated rings. The Balaban J connectivity index is 3.35. The van der Waals surface area contributed by atoms with Gasteiger partial charge >= 0.3 is 0 Å². The molecule has 0 aromatic heterocycles. The van der Waals surface area contributed by atoms with Crippen molar-refractivity contribution in [1.29, 1.82) is 0 Å². The van der Waals surface area contributed by atoms with E-state index in [1.54, 1.807) is 0 Å². The maximum Gasteiger partial charge on any atom is 0.123 e. The van der Waals surface area contributed by atoms with Crippen LogP contribution in [-0.4, -0.2) is 6.29 Å². The van der Waals surface area contributed by atoms with Gasteiger partial charge in [-0.1, -0.05) is 26.0 Å². The second-order valence-electron chi connectivity index (χ2n) is 2.76. The summed E-state index contributed by atoms with van der Waals surface area (Å²) < 4.78 is 0. The molecule has 0 amide bonds. The summed E-state index contributed by atoms with van der Waals surface area (Å²) in [6.45, 7) is 4.18. The molecule has 0 spiro atoms. The van der Waals surface area contributed by atoms with Crippen LogP contribution in [0.15, 0.2) is 12.2 Å². The van der Waals surface area contributed by atoms with Crippen molar-refractivity contribution in [1.82, 2.24) is 0 Å². The first-order chi connectivity index (χ1) is 5.35. The van der Waals surface area contributed by atoms with E-state index in [1.807, 2.05) is 0 Å². The van der Waals surface area contributed by atoms with Gasteiger partial charge in [0.25, 0.3) is 0 Å². The standard InChI is InChI=1S/C10H18O/c1-3-5-6-7-8-10(4-2)9-11/h5-6,9-10H,3-4,7-8H2,1-2H3/b6-5+. The molecule has 0 heterocycles. The molecule has 0 aliphatic heterocycles. The Morgan fingerprint density at radius 2 is 2.00 bits per heavy atom. The molecular weight excluding hydrogens is 136 g/mol. The third kappa shape index (κ3) is 5.84. The lowest BCUT2D eigenvalue weighted by Gasteiger charge is -2.02. The van der Waals surface area contributed by atoms with Gasteiger partial charge in [-0.05, 0) is 25.7 Å². The first kappa shape index (κ1) is 10.4. The maximum atomic E-state index is 10.4. The van der Waals surface area contributed by atoms with Gasteiger partial charge in [-0.3, -0.25) is 0 Å². The Morgan fingerprint density at radius 1 is 1.27 bits per heavy atom. The molecule has 1 nitrogen and oxygen atoms in total. The van der Waals surface area contributed by atoms with Crippen LogP contribution in [0.25, 0.3) is 0 Å². The lowest BCUT2D eigenvalue weighted by Crippen LogP contribution is -1.98. The van der Waals surface area contributed by atoms with Crippen molar-refractivity contribution in [3.8, 4) is 0 Å². The third-order valence-electron chi connectivity index (χ3n) is 1.82. The van der Waals surface area contributed by atoms with Crippen LogP contribution < -0.4 is 0 Å². The van der Waals surface area contributed by atoms with Crippen LogP contribution in [0.4, 0.5) is 0 Å². The van der Waals surface area contributed by atoms with E-state index in [4.69, 9.17) is 0 Å². The van der Waals surface area contributed by atoms with Crippen molar-refractivity contribution in [3.05, 3.63) is 12.2 Å². The third-order valence-corrected chi connectivity index (χ3v) is 1.82. The van der Waals surface area contributed by atoms with Crippen molar-refractivity contribution in [2.45, 2.75) is 39.5 Å². The average Bonchev–Trinajstić information content (AvgIpc) is 2.05. The van der Waals surface area contributed by atoms with Gasteiger partial charge in [-0.2, -0.15) is 0 Å². The molecule has 0 aromatic rings. The Morgan fingerprint density at radius 3 is 2.45 bits per heavy atom. The van der Waals surface area contributed by atoms with E-state index in [9.17, 15) is 4.79 Å². The van der Waals surface area contributed by atoms with Crippen LogP contribution >= 0.6 is 0 Å². The number of hydrogen-bond acceptors (Lipinski definition) is 1. The topological polar surface area (TPSA) is 17.1 Å². The summed E-state index contributed by atoms with van der Waals surface area (Å²) in [6.07, 6.45) is 9.51. The van der Waals surface area contributed by atoms with E-state index >= 15 is 0 Å². The fraction of sp³-hybridized carbons (Fsp3) is 0.700. The van der Waals surface area contributed by atoms with Gasteiger partial charge in [0.15, 0.2) is 0 Å². The second kappa shape index (κ2) is 7.52. The summed E-state index contributed by atoms with van der Waals surface area (Å²) in [7, 11) is 0. The molecule has 0 N–H and O–H groups in total. The summed E-state index contributed by atoms with van der Waals surface area (Å²) in [5.41, 5.74) is 0. The first-order valence-corrected chi connectivity index (χ1v) is 4.45. The lowest BCUT2D eigenvalue weighted by atomic mass is 10.0. The summed E-state index contributed by atoms with van der Waals surface area (Å²) >= 11 is 0. The van der Waals surface area contributed by atoms with Crippen LogP contribution in [0.2, 0.25) is 0 Å². The molecule has 0 bridgehead atoms. The lowest BCUT2D eigenvalue weighted by molar-refractivity contribution is -0.111. The van der Waals surface area contributed by atoms with Crippen molar-refractivity contribution in [2.24, 2.45) is 5.92 Å². The predicted octanol–water partition coefficient (Wildman–Crippen LogP) is 2.96. The van der Waals surface area contributed by atoms with Gasteiger partial charge < -0.3 is 4.79 Å². The quantitative estimate of drug-likeness (QED) is 0.424. The van der Waals surface area contributed by atoms with Crippen LogP contribution in [0.5, 0.6) is 0 Å². The highest BCUT2D eigenvalue weighted by atomic mass is 16.1. The molecular formula is C10H18O. The molecule has 0 aromatic carbocycles. The zero-order valence-electron chi connectivity index (χ0n) is 7.55. The highest BCUT2D eigenvalue weighted by Crippen LogP contribution is 2.07. The zero-order valence-corrected chi connectivity index (χ0v) is 7.55. The van der Waals surface area contributed by atoms with E-state index in [0.29, 0.717) is 0 Å². The van der Waals surface area contributed by atoms with E-state index in [2.05, 4.69) is 26.0 Å². The van der Waals surface area contributed by atoms with Crippen molar-refractivity contribution < 1.29 is 4.79 Å². The number of hydrogen-bond donors (Lipinski definition) is 0. The van der Waals surface area contributed by atoms with Crippen LogP contribution in [0, 0.1) is 5.92 Å². The zero-order chi connectivity index (χ0) is 8.53. The molecule has 11 heavy (non-hydrogen) atoms. The summed E-state index contributed by atoms with van der Waals surface area (Å²) in [5.74, 6) is 0.275. The van der Waals surface area contributed by atoms with E-state index < -0.39 is 0 Å². The van der Waals surface area contributed by atoms with Gasteiger partial charge in [0, 0.05) is 5.92 Å². The highest BCUT2D eigenvalue weighted by Gasteiger charge is 2.00. The van der Waals surface area contributed by atoms with Crippen molar-refractivity contribution in [3.63, 3.8) is 0 Å². The highest BCUT2D eigenvalue weighted by molar-refractivity contribution is 5.53. The van der Waals surface area contributed by atoms with Gasteiger partial charge in [0.05, 0.1) is 0 Å². The molecule has 1 unspecified atom stereocenters. The molecule has 0 aliphatic rings. The molecule has 0 saturated heterocycles. The van der Waals surface area contributed by atoms with Crippen LogP contribution in [0.3, 0.4) is 0 Å². The molecule has 0 saturated carbocycles. The Kier molecular flexibility index (Phi) is 7.11. The van der Waals surface area contributed by atoms with Crippen LogP contribution in [-0.2, 0) is 4.79 Å². The molecule has 64 valence electrons. The van der Waals surface area contributed by atoms with Gasteiger partial charge in [0.2, 0.25) is 0 Å². The molecule has 1 heteroatoms. The molecule has 0 rings (SSSR count). The van der Waals surface area contributed by atoms with Gasteiger partial charge in [0.1, 0.15) is 6.29 Å². The second-order valence-corrected chi connectivity index (χ2v) is 2.76. The van der Waals surface area contributed by atoms with Crippen LogP contribution in [0.1, 0.15) is 39.5 Å². The monoisotopic (exact) mass is 154 g/mol. The van der Waals surface area contributed by atoms with Gasteiger partial charge in [-0.25, -0.2) is 0 Å². The Hall–Kier alpha value is -0.590. The van der Waals surface area contributed by atoms with E-state index in [1.165, 1.54) is 0 Å². The van der Waals surface area contributed by atoms with Crippen molar-refractivity contribution >= 4 is 6.29 Å². The van der Waals surface area contributed by atoms with E-state index in [0.717, 1.165) is 32.0 Å². The predicted molar refractivity (Wildman–Crippen MR) is 48.5 cm³/mol. The number of allylic oxidation sites excluding steroid dienone is 2. The first-order valence-electron chi connectivity index (χ1n) is 4.45.